The van der Waals surface area contributed by atoms with Crippen molar-refractivity contribution in [1.82, 2.24) is 19.9 Å². The van der Waals surface area contributed by atoms with Crippen molar-refractivity contribution in [2.24, 2.45) is 0 Å². The number of anilines is 2. The number of aliphatic hydroxyl groups excluding tert-OH is 1. The van der Waals surface area contributed by atoms with Gasteiger partial charge in [0, 0.05) is 43.0 Å². The lowest BCUT2D eigenvalue weighted by atomic mass is 9.96. The van der Waals surface area contributed by atoms with Gasteiger partial charge in [-0.05, 0) is 36.8 Å². The third-order valence-electron chi connectivity index (χ3n) is 6.29. The van der Waals surface area contributed by atoms with E-state index in [0.717, 1.165) is 0 Å². The van der Waals surface area contributed by atoms with Crippen LogP contribution in [0.2, 0.25) is 0 Å². The summed E-state index contributed by atoms with van der Waals surface area (Å²) in [6.45, 7) is 2.16. The Kier molecular flexibility index (Phi) is 8.51. The number of ether oxygens (including phenoxy) is 2. The molecule has 0 aliphatic carbocycles. The Balaban J connectivity index is 1.96. The molecule has 11 nitrogen and oxygen atoms in total. The van der Waals surface area contributed by atoms with Crippen molar-refractivity contribution in [3.63, 3.8) is 0 Å². The number of aromatic nitrogens is 3. The van der Waals surface area contributed by atoms with Gasteiger partial charge in [-0.15, -0.1) is 0 Å². The van der Waals surface area contributed by atoms with Gasteiger partial charge in [-0.1, -0.05) is 17.9 Å². The average molecular weight is 543 g/mol. The second-order valence-corrected chi connectivity index (χ2v) is 8.77. The molecule has 4 aromatic rings. The first kappa shape index (κ1) is 27.9. The van der Waals surface area contributed by atoms with Crippen LogP contribution in [0, 0.1) is 11.8 Å². The van der Waals surface area contributed by atoms with Gasteiger partial charge in [0.25, 0.3) is 5.91 Å². The molecule has 2 aromatic carbocycles. The van der Waals surface area contributed by atoms with E-state index in [2.05, 4.69) is 27.1 Å². The molecule has 40 heavy (non-hydrogen) atoms. The van der Waals surface area contributed by atoms with E-state index in [1.165, 1.54) is 12.4 Å². The molecule has 0 fully saturated rings. The van der Waals surface area contributed by atoms with E-state index < -0.39 is 11.3 Å². The van der Waals surface area contributed by atoms with E-state index in [-0.39, 0.29) is 36.9 Å². The summed E-state index contributed by atoms with van der Waals surface area (Å²) in [7, 11) is 3.10. The number of nitrogen functional groups attached to an aromatic ring is 2. The number of carbonyl (C=O) groups excluding carboxylic acids is 1. The van der Waals surface area contributed by atoms with Crippen molar-refractivity contribution in [2.75, 3.05) is 38.8 Å². The van der Waals surface area contributed by atoms with Crippen molar-refractivity contribution in [3.8, 4) is 23.3 Å². The largest absolute Gasteiger partial charge is 0.493 e. The number of pyridine rings is 1. The molecule has 0 aliphatic rings. The summed E-state index contributed by atoms with van der Waals surface area (Å²) >= 11 is 0. The molecule has 0 atom stereocenters. The molecule has 1 amide bonds. The van der Waals surface area contributed by atoms with Crippen LogP contribution in [0.3, 0.4) is 0 Å². The van der Waals surface area contributed by atoms with Crippen LogP contribution < -0.4 is 31.7 Å². The minimum absolute atomic E-state index is 0.0247. The lowest BCUT2D eigenvalue weighted by Crippen LogP contribution is -2.32. The first-order chi connectivity index (χ1) is 19.3. The summed E-state index contributed by atoms with van der Waals surface area (Å²) in [6, 6.07) is 9.02. The number of para-hydroxylation sites is 1. The number of fused-ring (bicyclic) bond motifs is 1. The topological polar surface area (TPSA) is 168 Å². The molecule has 0 bridgehead atoms. The maximum absolute atomic E-state index is 13.7. The summed E-state index contributed by atoms with van der Waals surface area (Å²) < 4.78 is 12.7. The minimum atomic E-state index is -0.571. The Hall–Kier alpha value is -5.08. The maximum Gasteiger partial charge on any atom is 0.256 e. The van der Waals surface area contributed by atoms with E-state index >= 15 is 0 Å². The predicted molar refractivity (Wildman–Crippen MR) is 152 cm³/mol. The fourth-order valence-electron chi connectivity index (χ4n) is 4.39. The Bertz CT molecular complexity index is 1700. The van der Waals surface area contributed by atoms with Crippen molar-refractivity contribution >= 4 is 28.6 Å². The summed E-state index contributed by atoms with van der Waals surface area (Å²) in [5.74, 6) is 7.03. The summed E-state index contributed by atoms with van der Waals surface area (Å²) in [5, 5.41) is 12.0. The van der Waals surface area contributed by atoms with Crippen molar-refractivity contribution in [2.45, 2.75) is 19.9 Å². The van der Waals surface area contributed by atoms with Crippen LogP contribution in [0.1, 0.15) is 39.5 Å². The van der Waals surface area contributed by atoms with Crippen molar-refractivity contribution < 1.29 is 19.4 Å². The quantitative estimate of drug-likeness (QED) is 0.242. The number of benzene rings is 2. The van der Waals surface area contributed by atoms with Crippen LogP contribution in [0.4, 0.5) is 11.8 Å². The third-order valence-corrected chi connectivity index (χ3v) is 6.29. The van der Waals surface area contributed by atoms with E-state index in [9.17, 15) is 9.59 Å². The second-order valence-electron chi connectivity index (χ2n) is 8.77. The van der Waals surface area contributed by atoms with Crippen LogP contribution >= 0.6 is 0 Å². The van der Waals surface area contributed by atoms with Crippen LogP contribution in [0.15, 0.2) is 47.5 Å². The number of nitrogens with zero attached hydrogens (tertiary/aromatic N) is 3. The molecule has 0 saturated carbocycles. The Morgan fingerprint density at radius 1 is 1.15 bits per heavy atom. The smallest absolute Gasteiger partial charge is 0.256 e. The van der Waals surface area contributed by atoms with Crippen molar-refractivity contribution in [3.05, 3.63) is 80.8 Å². The zero-order valence-corrected chi connectivity index (χ0v) is 22.4. The molecule has 6 N–H and O–H groups in total. The SMILES string of the molecule is CCn1cc(C(=O)NCCO)c(=O)c2c(Cc3cnc(N)nc3N)cc(C#Cc3cccc(OC)c3OC)cc21. The molecule has 0 saturated heterocycles. The number of aliphatic hydroxyl groups is 1. The Morgan fingerprint density at radius 3 is 2.62 bits per heavy atom. The highest BCUT2D eigenvalue weighted by Gasteiger charge is 2.19. The van der Waals surface area contributed by atoms with Crippen LogP contribution in [0.25, 0.3) is 10.9 Å². The third kappa shape index (κ3) is 5.67. The standard InChI is InChI=1S/C29H30N6O5/c1-4-35-16-21(28(38)32-10-11-36)25(37)24-19(14-20-15-33-29(31)34-27(20)30)12-17(13-22(24)35)8-9-18-6-5-7-23(39-2)26(18)40-3/h5-7,12-13,15-16,36H,4,10-11,14H2,1-3H3,(H,32,38)(H4,30,31,33,34). The van der Waals surface area contributed by atoms with Crippen molar-refractivity contribution in [1.29, 1.82) is 0 Å². The number of methoxy groups -OCH3 is 2. The first-order valence-electron chi connectivity index (χ1n) is 12.5. The number of nitrogens with one attached hydrogen (secondary N) is 1. The summed E-state index contributed by atoms with van der Waals surface area (Å²) in [5.41, 5.74) is 14.3. The molecule has 11 heteroatoms. The fourth-order valence-corrected chi connectivity index (χ4v) is 4.39. The van der Waals surface area contributed by atoms with Gasteiger partial charge in [0.15, 0.2) is 11.5 Å². The number of aryl methyl sites for hydroxylation is 1. The van der Waals surface area contributed by atoms with Crippen LogP contribution in [0.5, 0.6) is 11.5 Å². The van der Waals surface area contributed by atoms with E-state index in [1.54, 1.807) is 26.4 Å². The zero-order valence-electron chi connectivity index (χ0n) is 22.4. The molecule has 0 aliphatic heterocycles. The van der Waals surface area contributed by atoms with Crippen LogP contribution in [-0.4, -0.2) is 52.9 Å². The number of hydrogen-bond acceptors (Lipinski definition) is 9. The Labute approximate surface area is 230 Å². The predicted octanol–water partition coefficient (Wildman–Crippen LogP) is 1.71. The monoisotopic (exact) mass is 542 g/mol. The first-order valence-corrected chi connectivity index (χ1v) is 12.5. The lowest BCUT2D eigenvalue weighted by Gasteiger charge is -2.16. The van der Waals surface area contributed by atoms with Gasteiger partial charge in [-0.3, -0.25) is 9.59 Å². The maximum atomic E-state index is 13.7. The molecular formula is C29H30N6O5. The van der Waals surface area contributed by atoms with Gasteiger partial charge < -0.3 is 35.9 Å². The second kappa shape index (κ2) is 12.2. The van der Waals surface area contributed by atoms with Gasteiger partial charge in [0.05, 0.1) is 37.3 Å². The number of rotatable bonds is 8. The van der Waals surface area contributed by atoms with Gasteiger partial charge in [-0.25, -0.2) is 4.98 Å². The fraction of sp³-hybridized carbons (Fsp3) is 0.241. The number of hydrogen-bond donors (Lipinski definition) is 4. The molecule has 2 aromatic heterocycles. The highest BCUT2D eigenvalue weighted by atomic mass is 16.5. The lowest BCUT2D eigenvalue weighted by molar-refractivity contribution is 0.0943. The number of nitrogens with two attached hydrogens (primary N) is 2. The highest BCUT2D eigenvalue weighted by Crippen LogP contribution is 2.30. The minimum Gasteiger partial charge on any atom is -0.493 e. The van der Waals surface area contributed by atoms with Crippen LogP contribution in [-0.2, 0) is 13.0 Å². The van der Waals surface area contributed by atoms with E-state index in [4.69, 9.17) is 26.0 Å². The summed E-state index contributed by atoms with van der Waals surface area (Å²) in [4.78, 5) is 34.6. The van der Waals surface area contributed by atoms with Gasteiger partial charge in [0.2, 0.25) is 11.4 Å². The molecular weight excluding hydrogens is 512 g/mol. The molecule has 0 radical (unpaired) electrons. The number of carbonyl (C=O) groups is 1. The molecule has 0 unspecified atom stereocenters. The highest BCUT2D eigenvalue weighted by molar-refractivity contribution is 5.98. The average Bonchev–Trinajstić information content (AvgIpc) is 2.95. The number of amides is 1. The van der Waals surface area contributed by atoms with Gasteiger partial charge >= 0.3 is 0 Å². The van der Waals surface area contributed by atoms with Gasteiger partial charge in [0.1, 0.15) is 11.4 Å². The molecule has 2 heterocycles. The Morgan fingerprint density at radius 2 is 1.95 bits per heavy atom. The molecule has 0 spiro atoms. The van der Waals surface area contributed by atoms with Gasteiger partial charge in [-0.2, -0.15) is 4.98 Å². The van der Waals surface area contributed by atoms with E-state index in [1.807, 2.05) is 29.7 Å². The normalized spacial score (nSPS) is 10.6. The summed E-state index contributed by atoms with van der Waals surface area (Å²) in [6.07, 6.45) is 3.23. The zero-order chi connectivity index (χ0) is 28.8. The molecule has 4 rings (SSSR count). The molecule has 206 valence electrons. The van der Waals surface area contributed by atoms with E-state index in [0.29, 0.717) is 51.2 Å².